The summed E-state index contributed by atoms with van der Waals surface area (Å²) in [4.78, 5) is 13.4. The van der Waals surface area contributed by atoms with Crippen molar-refractivity contribution in [2.24, 2.45) is 0 Å². The average molecular weight is 249 g/mol. The number of hydrogen-bond donors (Lipinski definition) is 1. The number of aromatic carboxylic acids is 1. The molecular formula is C14H19NO3. The number of carboxylic acids is 1. The van der Waals surface area contributed by atoms with Gasteiger partial charge in [0.05, 0.1) is 12.2 Å². The van der Waals surface area contributed by atoms with Gasteiger partial charge in [-0.1, -0.05) is 12.1 Å². The lowest BCUT2D eigenvalue weighted by Crippen LogP contribution is -2.34. The molecule has 4 nitrogen and oxygen atoms in total. The lowest BCUT2D eigenvalue weighted by molar-refractivity contribution is 0.0693. The average Bonchev–Trinajstić information content (AvgIpc) is 2.38. The molecule has 0 unspecified atom stereocenters. The van der Waals surface area contributed by atoms with Gasteiger partial charge < -0.3 is 9.84 Å². The quantitative estimate of drug-likeness (QED) is 0.808. The maximum atomic E-state index is 11.1. The Morgan fingerprint density at radius 3 is 3.06 bits per heavy atom. The first-order chi connectivity index (χ1) is 8.72. The zero-order valence-electron chi connectivity index (χ0n) is 10.7. The molecule has 1 aliphatic heterocycles. The minimum absolute atomic E-state index is 0.456. The van der Waals surface area contributed by atoms with Crippen molar-refractivity contribution >= 4 is 5.97 Å². The number of carboxylic acid groups (broad SMARTS) is 1. The highest BCUT2D eigenvalue weighted by molar-refractivity contribution is 5.89. The molecule has 1 N–H and O–H groups in total. The molecule has 1 aliphatic rings. The van der Waals surface area contributed by atoms with Gasteiger partial charge in [0.2, 0.25) is 0 Å². The van der Waals surface area contributed by atoms with Crippen LogP contribution in [-0.4, -0.2) is 42.3 Å². The number of hydrogen-bond acceptors (Lipinski definition) is 3. The van der Waals surface area contributed by atoms with E-state index < -0.39 is 5.97 Å². The van der Waals surface area contributed by atoms with Gasteiger partial charge in [-0.15, -0.1) is 0 Å². The molecule has 1 aromatic carbocycles. The van der Waals surface area contributed by atoms with Gasteiger partial charge in [-0.05, 0) is 30.5 Å². The molecule has 2 rings (SSSR count). The molecular weight excluding hydrogens is 230 g/mol. The van der Waals surface area contributed by atoms with Crippen molar-refractivity contribution in [1.82, 2.24) is 4.90 Å². The molecule has 0 amide bonds. The summed E-state index contributed by atoms with van der Waals surface area (Å²) in [5, 5.41) is 9.15. The van der Waals surface area contributed by atoms with E-state index in [1.807, 2.05) is 19.1 Å². The van der Waals surface area contributed by atoms with Crippen LogP contribution in [0.15, 0.2) is 18.2 Å². The Labute approximate surface area is 107 Å². The fourth-order valence-corrected chi connectivity index (χ4v) is 2.40. The van der Waals surface area contributed by atoms with Crippen molar-refractivity contribution in [3.05, 3.63) is 34.9 Å². The Morgan fingerprint density at radius 1 is 1.50 bits per heavy atom. The number of benzene rings is 1. The molecule has 0 spiro atoms. The van der Waals surface area contributed by atoms with Crippen molar-refractivity contribution in [3.63, 3.8) is 0 Å². The van der Waals surface area contributed by atoms with Crippen LogP contribution in [0.25, 0.3) is 0 Å². The van der Waals surface area contributed by atoms with E-state index in [0.29, 0.717) is 5.56 Å². The van der Waals surface area contributed by atoms with Gasteiger partial charge in [0, 0.05) is 26.2 Å². The van der Waals surface area contributed by atoms with Crippen molar-refractivity contribution < 1.29 is 14.6 Å². The first-order valence-corrected chi connectivity index (χ1v) is 6.36. The molecule has 0 atom stereocenters. The van der Waals surface area contributed by atoms with Crippen LogP contribution in [0.5, 0.6) is 0 Å². The molecule has 0 fully saturated rings. The number of nitrogens with zero attached hydrogens (tertiary/aromatic N) is 1. The van der Waals surface area contributed by atoms with E-state index in [1.165, 1.54) is 0 Å². The highest BCUT2D eigenvalue weighted by Crippen LogP contribution is 2.22. The molecule has 18 heavy (non-hydrogen) atoms. The van der Waals surface area contributed by atoms with Crippen LogP contribution >= 0.6 is 0 Å². The van der Waals surface area contributed by atoms with Crippen molar-refractivity contribution in [2.45, 2.75) is 19.9 Å². The summed E-state index contributed by atoms with van der Waals surface area (Å²) in [6.07, 6.45) is 0.809. The Bertz CT molecular complexity index is 431. The lowest BCUT2D eigenvalue weighted by atomic mass is 9.94. The van der Waals surface area contributed by atoms with E-state index in [2.05, 4.69) is 4.90 Å². The van der Waals surface area contributed by atoms with Gasteiger partial charge in [-0.2, -0.15) is 0 Å². The van der Waals surface area contributed by atoms with E-state index in [9.17, 15) is 4.79 Å². The van der Waals surface area contributed by atoms with Gasteiger partial charge >= 0.3 is 5.97 Å². The second kappa shape index (κ2) is 5.98. The predicted molar refractivity (Wildman–Crippen MR) is 68.9 cm³/mol. The summed E-state index contributed by atoms with van der Waals surface area (Å²) < 4.78 is 5.35. The van der Waals surface area contributed by atoms with Crippen LogP contribution in [0.4, 0.5) is 0 Å². The fourth-order valence-electron chi connectivity index (χ4n) is 2.40. The number of rotatable bonds is 5. The second-order valence-corrected chi connectivity index (χ2v) is 4.47. The smallest absolute Gasteiger partial charge is 0.335 e. The minimum Gasteiger partial charge on any atom is -0.478 e. The molecule has 0 radical (unpaired) electrons. The Hall–Kier alpha value is -1.39. The Balaban J connectivity index is 2.06. The second-order valence-electron chi connectivity index (χ2n) is 4.47. The van der Waals surface area contributed by atoms with Gasteiger partial charge in [-0.25, -0.2) is 4.79 Å². The maximum absolute atomic E-state index is 11.1. The molecule has 0 saturated carbocycles. The van der Waals surface area contributed by atoms with Crippen LogP contribution < -0.4 is 0 Å². The molecule has 1 aromatic rings. The van der Waals surface area contributed by atoms with Crippen LogP contribution in [0.3, 0.4) is 0 Å². The van der Waals surface area contributed by atoms with Gasteiger partial charge in [0.25, 0.3) is 0 Å². The van der Waals surface area contributed by atoms with E-state index in [1.54, 1.807) is 6.07 Å². The highest BCUT2D eigenvalue weighted by atomic mass is 16.5. The number of carbonyl (C=O) groups is 1. The lowest BCUT2D eigenvalue weighted by Gasteiger charge is -2.29. The SMILES string of the molecule is CCOCCN1CCc2c(cccc2C(=O)O)C1. The standard InChI is InChI=1S/C14H19NO3/c1-2-18-9-8-15-7-6-12-11(10-15)4-3-5-13(12)14(16)17/h3-5H,2,6-10H2,1H3,(H,16,17). The Morgan fingerprint density at radius 2 is 2.33 bits per heavy atom. The van der Waals surface area contributed by atoms with Gasteiger partial charge in [-0.3, -0.25) is 4.90 Å². The molecule has 0 bridgehead atoms. The molecule has 0 saturated heterocycles. The van der Waals surface area contributed by atoms with Crippen molar-refractivity contribution in [3.8, 4) is 0 Å². The first-order valence-electron chi connectivity index (χ1n) is 6.36. The van der Waals surface area contributed by atoms with E-state index in [0.717, 1.165) is 50.4 Å². The number of ether oxygens (including phenoxy) is 1. The largest absolute Gasteiger partial charge is 0.478 e. The zero-order valence-corrected chi connectivity index (χ0v) is 10.7. The normalized spacial score (nSPS) is 15.4. The third kappa shape index (κ3) is 2.89. The van der Waals surface area contributed by atoms with Crippen LogP contribution in [0, 0.1) is 0 Å². The summed E-state index contributed by atoms with van der Waals surface area (Å²) in [5.74, 6) is -0.824. The number of fused-ring (bicyclic) bond motifs is 1. The molecule has 98 valence electrons. The van der Waals surface area contributed by atoms with Crippen LogP contribution in [0.1, 0.15) is 28.4 Å². The summed E-state index contributed by atoms with van der Waals surface area (Å²) in [5.41, 5.74) is 2.59. The predicted octanol–water partition coefficient (Wildman–Crippen LogP) is 1.78. The third-order valence-corrected chi connectivity index (χ3v) is 3.33. The zero-order chi connectivity index (χ0) is 13.0. The monoisotopic (exact) mass is 249 g/mol. The van der Waals surface area contributed by atoms with Crippen LogP contribution in [-0.2, 0) is 17.7 Å². The summed E-state index contributed by atoms with van der Waals surface area (Å²) in [7, 11) is 0. The van der Waals surface area contributed by atoms with E-state index in [-0.39, 0.29) is 0 Å². The first kappa shape index (κ1) is 13.1. The minimum atomic E-state index is -0.824. The molecule has 0 aromatic heterocycles. The summed E-state index contributed by atoms with van der Waals surface area (Å²) in [6, 6.07) is 5.54. The summed E-state index contributed by atoms with van der Waals surface area (Å²) >= 11 is 0. The van der Waals surface area contributed by atoms with Crippen LogP contribution in [0.2, 0.25) is 0 Å². The topological polar surface area (TPSA) is 49.8 Å². The Kier molecular flexibility index (Phi) is 4.33. The van der Waals surface area contributed by atoms with E-state index in [4.69, 9.17) is 9.84 Å². The third-order valence-electron chi connectivity index (χ3n) is 3.33. The van der Waals surface area contributed by atoms with Gasteiger partial charge in [0.15, 0.2) is 0 Å². The molecule has 1 heterocycles. The molecule has 0 aliphatic carbocycles. The highest BCUT2D eigenvalue weighted by Gasteiger charge is 2.20. The molecule has 4 heteroatoms. The van der Waals surface area contributed by atoms with Crippen molar-refractivity contribution in [1.29, 1.82) is 0 Å². The van der Waals surface area contributed by atoms with E-state index >= 15 is 0 Å². The maximum Gasteiger partial charge on any atom is 0.335 e. The fraction of sp³-hybridized carbons (Fsp3) is 0.500. The van der Waals surface area contributed by atoms with Gasteiger partial charge in [0.1, 0.15) is 0 Å². The van der Waals surface area contributed by atoms with Crippen molar-refractivity contribution in [2.75, 3.05) is 26.3 Å². The summed E-state index contributed by atoms with van der Waals surface area (Å²) in [6.45, 7) is 6.11.